The molecule has 0 saturated heterocycles. The number of aryl methyl sites for hydroxylation is 1. The summed E-state index contributed by atoms with van der Waals surface area (Å²) in [5.41, 5.74) is 4.30. The lowest BCUT2D eigenvalue weighted by Gasteiger charge is -2.29. The summed E-state index contributed by atoms with van der Waals surface area (Å²) in [5.74, 6) is -0.182. The largest absolute Gasteiger partial charge is 0.380 e. The highest BCUT2D eigenvalue weighted by Crippen LogP contribution is 2.41. The van der Waals surface area contributed by atoms with Crippen LogP contribution in [-0.4, -0.2) is 77.1 Å². The number of ketones is 1. The predicted octanol–water partition coefficient (Wildman–Crippen LogP) is 6.34. The second kappa shape index (κ2) is 18.5. The summed E-state index contributed by atoms with van der Waals surface area (Å²) >= 11 is 0. The Balaban J connectivity index is 1.38. The lowest BCUT2D eigenvalue weighted by molar-refractivity contribution is -0.127. The van der Waals surface area contributed by atoms with E-state index in [1.54, 1.807) is 11.8 Å². The van der Waals surface area contributed by atoms with Gasteiger partial charge in [-0.15, -0.1) is 5.10 Å². The van der Waals surface area contributed by atoms with Crippen LogP contribution in [0.3, 0.4) is 0 Å². The molecule has 0 bridgehead atoms. The highest BCUT2D eigenvalue weighted by molar-refractivity contribution is 6.01. The van der Waals surface area contributed by atoms with Crippen molar-refractivity contribution in [2.75, 3.05) is 37.8 Å². The third-order valence-corrected chi connectivity index (χ3v) is 9.89. The Labute approximate surface area is 303 Å². The van der Waals surface area contributed by atoms with Gasteiger partial charge < -0.3 is 25.0 Å². The smallest absolute Gasteiger partial charge is 0.227 e. The highest BCUT2D eigenvalue weighted by atomic mass is 16.5. The minimum absolute atomic E-state index is 0.0643. The number of aromatic nitrogens is 3. The van der Waals surface area contributed by atoms with Crippen molar-refractivity contribution in [2.45, 2.75) is 112 Å². The van der Waals surface area contributed by atoms with Crippen LogP contribution in [0.4, 0.5) is 5.69 Å². The fraction of sp³-hybridized carbons (Fsp3) is 0.575. The Hall–Kier alpha value is -3.93. The molecule has 1 unspecified atom stereocenters. The number of nitrogens with zero attached hydrogens (tertiary/aromatic N) is 4. The van der Waals surface area contributed by atoms with E-state index >= 15 is 0 Å². The molecule has 1 aliphatic heterocycles. The Morgan fingerprint density at radius 2 is 1.65 bits per heavy atom. The summed E-state index contributed by atoms with van der Waals surface area (Å²) in [6.45, 7) is 17.8. The Morgan fingerprint density at radius 1 is 0.922 bits per heavy atom. The number of para-hydroxylation sites is 1. The van der Waals surface area contributed by atoms with Gasteiger partial charge in [0, 0.05) is 68.3 Å². The fourth-order valence-corrected chi connectivity index (χ4v) is 5.91. The van der Waals surface area contributed by atoms with E-state index in [0.717, 1.165) is 53.2 Å². The summed E-state index contributed by atoms with van der Waals surface area (Å²) in [4.78, 5) is 40.3. The molecule has 1 aromatic heterocycles. The van der Waals surface area contributed by atoms with Crippen molar-refractivity contribution in [3.8, 4) is 22.5 Å². The summed E-state index contributed by atoms with van der Waals surface area (Å²) < 4.78 is 13.9. The minimum Gasteiger partial charge on any atom is -0.380 e. The molecule has 0 saturated carbocycles. The van der Waals surface area contributed by atoms with E-state index in [4.69, 9.17) is 9.47 Å². The molecule has 2 amide bonds. The molecule has 0 aliphatic carbocycles. The normalized spacial score (nSPS) is 13.4. The molecule has 1 aliphatic rings. The molecule has 3 aromatic rings. The summed E-state index contributed by atoms with van der Waals surface area (Å²) in [6, 6.07) is 16.3. The molecule has 51 heavy (non-hydrogen) atoms. The fourth-order valence-electron chi connectivity index (χ4n) is 5.91. The summed E-state index contributed by atoms with van der Waals surface area (Å²) in [6.07, 6.45) is 3.26. The monoisotopic (exact) mass is 702 g/mol. The SMILES string of the molecule is CCC(C)NCCOCCCn1nnc2c1-c1ccccc1CN(C(=O)CCC(=O)NCCC(C)(C)OCCC(C)(C)C(C)=O)c1ccccc1-2. The number of anilines is 1. The average molecular weight is 703 g/mol. The zero-order chi connectivity index (χ0) is 37.0. The maximum Gasteiger partial charge on any atom is 0.227 e. The number of benzene rings is 2. The topological polar surface area (TPSA) is 128 Å². The van der Waals surface area contributed by atoms with Crippen LogP contribution in [0, 0.1) is 5.41 Å². The van der Waals surface area contributed by atoms with Crippen LogP contribution in [0.25, 0.3) is 22.5 Å². The summed E-state index contributed by atoms with van der Waals surface area (Å²) in [5, 5.41) is 15.6. The van der Waals surface area contributed by atoms with Crippen molar-refractivity contribution < 1.29 is 23.9 Å². The number of carbonyl (C=O) groups is 3. The molecular weight excluding hydrogens is 644 g/mol. The number of ether oxygens (including phenoxy) is 2. The molecule has 2 aromatic carbocycles. The number of Topliss-reactive ketones (excluding diaryl/α,β-unsaturated/α-hetero) is 1. The molecular formula is C40H58N6O5. The number of rotatable bonds is 20. The maximum absolute atomic E-state index is 13.9. The molecule has 11 nitrogen and oxygen atoms in total. The van der Waals surface area contributed by atoms with Gasteiger partial charge in [0.2, 0.25) is 11.8 Å². The molecule has 0 radical (unpaired) electrons. The quantitative estimate of drug-likeness (QED) is 0.131. The molecule has 11 heteroatoms. The first-order valence-electron chi connectivity index (χ1n) is 18.5. The van der Waals surface area contributed by atoms with Crippen LogP contribution in [-0.2, 0) is 36.9 Å². The zero-order valence-electron chi connectivity index (χ0n) is 31.7. The van der Waals surface area contributed by atoms with E-state index in [2.05, 4.69) is 40.9 Å². The Bertz CT molecular complexity index is 1620. The van der Waals surface area contributed by atoms with Crippen LogP contribution < -0.4 is 15.5 Å². The van der Waals surface area contributed by atoms with Crippen LogP contribution >= 0.6 is 0 Å². The number of hydrogen-bond acceptors (Lipinski definition) is 8. The number of carbonyl (C=O) groups excluding carboxylic acids is 3. The third-order valence-electron chi connectivity index (χ3n) is 9.89. The van der Waals surface area contributed by atoms with E-state index < -0.39 is 11.0 Å². The van der Waals surface area contributed by atoms with Gasteiger partial charge in [-0.1, -0.05) is 68.4 Å². The maximum atomic E-state index is 13.9. The van der Waals surface area contributed by atoms with Gasteiger partial charge in [-0.25, -0.2) is 4.68 Å². The average Bonchev–Trinajstić information content (AvgIpc) is 3.51. The first kappa shape index (κ1) is 39.8. The van der Waals surface area contributed by atoms with E-state index in [0.29, 0.717) is 58.3 Å². The van der Waals surface area contributed by atoms with Gasteiger partial charge in [0.25, 0.3) is 0 Å². The van der Waals surface area contributed by atoms with Crippen molar-refractivity contribution in [1.82, 2.24) is 25.6 Å². The van der Waals surface area contributed by atoms with Gasteiger partial charge in [-0.3, -0.25) is 14.4 Å². The lowest BCUT2D eigenvalue weighted by Crippen LogP contribution is -2.35. The minimum atomic E-state index is -0.462. The van der Waals surface area contributed by atoms with Crippen molar-refractivity contribution in [2.24, 2.45) is 5.41 Å². The second-order valence-corrected chi connectivity index (χ2v) is 14.8. The van der Waals surface area contributed by atoms with Crippen LogP contribution in [0.1, 0.15) is 92.6 Å². The molecule has 1 atom stereocenters. The van der Waals surface area contributed by atoms with Gasteiger partial charge in [0.15, 0.2) is 0 Å². The van der Waals surface area contributed by atoms with Crippen LogP contribution in [0.2, 0.25) is 0 Å². The van der Waals surface area contributed by atoms with Gasteiger partial charge >= 0.3 is 0 Å². The van der Waals surface area contributed by atoms with E-state index in [9.17, 15) is 14.4 Å². The number of fused-ring (bicyclic) bond motifs is 5. The first-order valence-corrected chi connectivity index (χ1v) is 18.5. The van der Waals surface area contributed by atoms with Crippen molar-refractivity contribution in [3.63, 3.8) is 0 Å². The van der Waals surface area contributed by atoms with Gasteiger partial charge in [0.1, 0.15) is 11.5 Å². The van der Waals surface area contributed by atoms with Crippen LogP contribution in [0.5, 0.6) is 0 Å². The van der Waals surface area contributed by atoms with Gasteiger partial charge in [-0.05, 0) is 65.0 Å². The third kappa shape index (κ3) is 11.3. The van der Waals surface area contributed by atoms with E-state index in [1.807, 2.05) is 74.8 Å². The van der Waals surface area contributed by atoms with Crippen molar-refractivity contribution >= 4 is 23.3 Å². The lowest BCUT2D eigenvalue weighted by atomic mass is 9.86. The highest BCUT2D eigenvalue weighted by Gasteiger charge is 2.30. The van der Waals surface area contributed by atoms with E-state index in [1.165, 1.54) is 0 Å². The second-order valence-electron chi connectivity index (χ2n) is 14.8. The Kier molecular flexibility index (Phi) is 14.5. The van der Waals surface area contributed by atoms with Crippen molar-refractivity contribution in [3.05, 3.63) is 54.1 Å². The number of amides is 2. The van der Waals surface area contributed by atoms with Crippen molar-refractivity contribution in [1.29, 1.82) is 0 Å². The molecule has 4 rings (SSSR count). The first-order chi connectivity index (χ1) is 24.3. The molecule has 0 spiro atoms. The van der Waals surface area contributed by atoms with Crippen LogP contribution in [0.15, 0.2) is 48.5 Å². The predicted molar refractivity (Wildman–Crippen MR) is 201 cm³/mol. The van der Waals surface area contributed by atoms with Gasteiger partial charge in [0.05, 0.1) is 30.1 Å². The summed E-state index contributed by atoms with van der Waals surface area (Å²) in [7, 11) is 0. The number of hydrogen-bond donors (Lipinski definition) is 2. The number of nitrogens with one attached hydrogen (secondary N) is 2. The van der Waals surface area contributed by atoms with Gasteiger partial charge in [-0.2, -0.15) is 0 Å². The van der Waals surface area contributed by atoms with E-state index in [-0.39, 0.29) is 30.4 Å². The molecule has 2 heterocycles. The molecule has 0 fully saturated rings. The molecule has 2 N–H and O–H groups in total. The standard InChI is InChI=1S/C40H58N6O5/c1-8-29(2)41-23-27-50-25-13-24-46-38-32-15-10-9-14-31(32)28-45(34-17-12-11-16-33(34)37(38)43-44-46)36(49)19-18-35(48)42-22-20-40(6,7)51-26-21-39(4,5)30(3)47/h9-12,14-17,29,41H,8,13,18-28H2,1-7H3,(H,42,48). The Morgan fingerprint density at radius 3 is 2.39 bits per heavy atom. The molecule has 278 valence electrons. The zero-order valence-corrected chi connectivity index (χ0v) is 31.7.